The molecule has 0 aliphatic carbocycles. The highest BCUT2D eigenvalue weighted by atomic mass is 16.6. The van der Waals surface area contributed by atoms with Crippen molar-refractivity contribution < 1.29 is 4.92 Å². The molecule has 2 aromatic rings. The summed E-state index contributed by atoms with van der Waals surface area (Å²) in [6.45, 7) is 3.63. The Kier molecular flexibility index (Phi) is 3.48. The van der Waals surface area contributed by atoms with Crippen LogP contribution in [0.1, 0.15) is 5.56 Å². The van der Waals surface area contributed by atoms with Crippen LogP contribution in [0.15, 0.2) is 48.7 Å². The fourth-order valence-electron chi connectivity index (χ4n) is 1.57. The molecule has 18 heavy (non-hydrogen) atoms. The smallest absolute Gasteiger partial charge is 0.258 e. The normalized spacial score (nSPS) is 10.7. The molecule has 0 saturated heterocycles. The molecular weight excluding hydrogens is 228 g/mol. The van der Waals surface area contributed by atoms with Crippen LogP contribution in [0.4, 0.5) is 5.69 Å². The lowest BCUT2D eigenvalue weighted by Gasteiger charge is -2.01. The number of nitrogens with zero attached hydrogens (tertiary/aromatic N) is 2. The molecule has 89 valence electrons. The number of benzene rings is 1. The van der Waals surface area contributed by atoms with Crippen LogP contribution in [0, 0.1) is 17.0 Å². The van der Waals surface area contributed by atoms with Gasteiger partial charge in [0.15, 0.2) is 0 Å². The molecule has 0 bridgehead atoms. The first-order chi connectivity index (χ1) is 8.70. The first kappa shape index (κ1) is 12.0. The maximum Gasteiger partial charge on any atom is 0.287 e. The van der Waals surface area contributed by atoms with E-state index in [9.17, 15) is 10.1 Å². The highest BCUT2D eigenvalue weighted by Gasteiger charge is 2.06. The predicted molar refractivity (Wildman–Crippen MR) is 70.7 cm³/mol. The van der Waals surface area contributed by atoms with E-state index in [4.69, 9.17) is 0 Å². The molecule has 0 spiro atoms. The van der Waals surface area contributed by atoms with Gasteiger partial charge in [-0.15, -0.1) is 0 Å². The van der Waals surface area contributed by atoms with E-state index in [2.05, 4.69) is 11.9 Å². The van der Waals surface area contributed by atoms with Crippen molar-refractivity contribution in [1.82, 2.24) is 4.98 Å². The Balaban J connectivity index is 2.28. The van der Waals surface area contributed by atoms with E-state index in [-0.39, 0.29) is 5.69 Å². The van der Waals surface area contributed by atoms with Crippen LogP contribution < -0.4 is 0 Å². The minimum absolute atomic E-state index is 0.00430. The van der Waals surface area contributed by atoms with Crippen molar-refractivity contribution in [2.45, 2.75) is 0 Å². The average molecular weight is 239 g/mol. The molecule has 1 aromatic heterocycles. The molecule has 0 atom stereocenters. The number of aromatic nitrogens is 1. The maximum atomic E-state index is 10.5. The number of allylic oxidation sites excluding steroid dienone is 1. The van der Waals surface area contributed by atoms with Gasteiger partial charge < -0.3 is 0 Å². The van der Waals surface area contributed by atoms with E-state index in [0.29, 0.717) is 5.69 Å². The van der Waals surface area contributed by atoms with Crippen molar-refractivity contribution in [2.75, 3.05) is 0 Å². The van der Waals surface area contributed by atoms with Gasteiger partial charge in [-0.2, -0.15) is 0 Å². The SMILES string of the molecule is [CH2]/C=C/c1ccc(-c2ccc([N+](=O)[O-])cn2)cc1. The number of hydrogen-bond acceptors (Lipinski definition) is 3. The molecule has 0 saturated carbocycles. The van der Waals surface area contributed by atoms with Gasteiger partial charge in [0.05, 0.1) is 10.6 Å². The zero-order chi connectivity index (χ0) is 13.0. The van der Waals surface area contributed by atoms with Crippen molar-refractivity contribution in [2.24, 2.45) is 0 Å². The average Bonchev–Trinajstić information content (AvgIpc) is 2.40. The van der Waals surface area contributed by atoms with Gasteiger partial charge in [0.25, 0.3) is 5.69 Å². The van der Waals surface area contributed by atoms with Gasteiger partial charge in [0.1, 0.15) is 6.20 Å². The third-order valence-electron chi connectivity index (χ3n) is 2.48. The summed E-state index contributed by atoms with van der Waals surface area (Å²) < 4.78 is 0. The zero-order valence-electron chi connectivity index (χ0n) is 9.61. The topological polar surface area (TPSA) is 56.0 Å². The van der Waals surface area contributed by atoms with Gasteiger partial charge in [-0.1, -0.05) is 36.4 Å². The van der Waals surface area contributed by atoms with Gasteiger partial charge in [-0.3, -0.25) is 10.1 Å². The van der Waals surface area contributed by atoms with Crippen LogP contribution in [0.5, 0.6) is 0 Å². The fourth-order valence-corrected chi connectivity index (χ4v) is 1.57. The summed E-state index contributed by atoms with van der Waals surface area (Å²) in [6, 6.07) is 10.8. The monoisotopic (exact) mass is 239 g/mol. The maximum absolute atomic E-state index is 10.5. The molecule has 0 unspecified atom stereocenters. The third kappa shape index (κ3) is 2.60. The van der Waals surface area contributed by atoms with Gasteiger partial charge in [-0.05, 0) is 18.6 Å². The molecule has 0 amide bonds. The highest BCUT2D eigenvalue weighted by molar-refractivity contribution is 5.63. The molecule has 2 rings (SSSR count). The first-order valence-electron chi connectivity index (χ1n) is 5.37. The Morgan fingerprint density at radius 1 is 1.17 bits per heavy atom. The Morgan fingerprint density at radius 2 is 1.89 bits per heavy atom. The van der Waals surface area contributed by atoms with Crippen molar-refractivity contribution >= 4 is 11.8 Å². The van der Waals surface area contributed by atoms with E-state index in [1.165, 1.54) is 12.3 Å². The second-order valence-electron chi connectivity index (χ2n) is 3.68. The zero-order valence-corrected chi connectivity index (χ0v) is 9.61. The Bertz CT molecular complexity index is 572. The van der Waals surface area contributed by atoms with Gasteiger partial charge in [-0.25, -0.2) is 4.98 Å². The summed E-state index contributed by atoms with van der Waals surface area (Å²) in [6.07, 6.45) is 4.88. The van der Waals surface area contributed by atoms with Crippen LogP contribution >= 0.6 is 0 Å². The molecule has 1 aromatic carbocycles. The van der Waals surface area contributed by atoms with Crippen LogP contribution in [-0.4, -0.2) is 9.91 Å². The molecule has 0 N–H and O–H groups in total. The van der Waals surface area contributed by atoms with E-state index in [0.717, 1.165) is 11.1 Å². The Hall–Kier alpha value is -2.49. The molecule has 1 radical (unpaired) electrons. The fraction of sp³-hybridized carbons (Fsp3) is 0. The second-order valence-corrected chi connectivity index (χ2v) is 3.68. The molecule has 0 fully saturated rings. The molecule has 0 aliphatic heterocycles. The molecule has 4 nitrogen and oxygen atoms in total. The Labute approximate surface area is 105 Å². The van der Waals surface area contributed by atoms with E-state index in [1.807, 2.05) is 30.3 Å². The minimum Gasteiger partial charge on any atom is -0.258 e. The van der Waals surface area contributed by atoms with Crippen LogP contribution in [0.3, 0.4) is 0 Å². The largest absolute Gasteiger partial charge is 0.287 e. The summed E-state index contributed by atoms with van der Waals surface area (Å²) in [7, 11) is 0. The van der Waals surface area contributed by atoms with Gasteiger partial charge >= 0.3 is 0 Å². The highest BCUT2D eigenvalue weighted by Crippen LogP contribution is 2.20. The van der Waals surface area contributed by atoms with Gasteiger partial charge in [0, 0.05) is 11.6 Å². The molecule has 4 heteroatoms. The van der Waals surface area contributed by atoms with E-state index in [1.54, 1.807) is 12.1 Å². The molecule has 1 heterocycles. The minimum atomic E-state index is -0.459. The lowest BCUT2D eigenvalue weighted by molar-refractivity contribution is -0.385. The second kappa shape index (κ2) is 5.23. The summed E-state index contributed by atoms with van der Waals surface area (Å²) >= 11 is 0. The van der Waals surface area contributed by atoms with Crippen molar-refractivity contribution in [3.05, 3.63) is 71.3 Å². The van der Waals surface area contributed by atoms with Crippen molar-refractivity contribution in [3.8, 4) is 11.3 Å². The number of hydrogen-bond donors (Lipinski definition) is 0. The van der Waals surface area contributed by atoms with E-state index < -0.39 is 4.92 Å². The quantitative estimate of drug-likeness (QED) is 0.608. The van der Waals surface area contributed by atoms with E-state index >= 15 is 0 Å². The summed E-state index contributed by atoms with van der Waals surface area (Å²) in [5, 5.41) is 10.5. The van der Waals surface area contributed by atoms with Crippen LogP contribution in [-0.2, 0) is 0 Å². The molecular formula is C14H11N2O2. The molecule has 0 aliphatic rings. The lowest BCUT2D eigenvalue weighted by atomic mass is 10.1. The van der Waals surface area contributed by atoms with Crippen molar-refractivity contribution in [1.29, 1.82) is 0 Å². The standard InChI is InChI=1S/C14H11N2O2/c1-2-3-11-4-6-12(7-5-11)14-9-8-13(10-15-14)16(17)18/h2-10H,1H2/b3-2+. The number of rotatable bonds is 3. The third-order valence-corrected chi connectivity index (χ3v) is 2.48. The van der Waals surface area contributed by atoms with Crippen LogP contribution in [0.2, 0.25) is 0 Å². The summed E-state index contributed by atoms with van der Waals surface area (Å²) in [5.41, 5.74) is 2.68. The van der Waals surface area contributed by atoms with Gasteiger partial charge in [0.2, 0.25) is 0 Å². The lowest BCUT2D eigenvalue weighted by Crippen LogP contribution is -1.90. The summed E-state index contributed by atoms with van der Waals surface area (Å²) in [5.74, 6) is 0. The first-order valence-corrected chi connectivity index (χ1v) is 5.37. The van der Waals surface area contributed by atoms with Crippen molar-refractivity contribution in [3.63, 3.8) is 0 Å². The number of nitro groups is 1. The number of pyridine rings is 1. The van der Waals surface area contributed by atoms with Crippen LogP contribution in [0.25, 0.3) is 17.3 Å². The Morgan fingerprint density at radius 3 is 2.39 bits per heavy atom. The predicted octanol–water partition coefficient (Wildman–Crippen LogP) is 3.50. The summed E-state index contributed by atoms with van der Waals surface area (Å²) in [4.78, 5) is 14.1.